The van der Waals surface area contributed by atoms with Crippen molar-refractivity contribution in [2.75, 3.05) is 39.8 Å². The van der Waals surface area contributed by atoms with Crippen LogP contribution in [0.25, 0.3) is 0 Å². The van der Waals surface area contributed by atoms with Gasteiger partial charge in [0.2, 0.25) is 5.91 Å². The van der Waals surface area contributed by atoms with Gasteiger partial charge in [0.05, 0.1) is 18.8 Å². The van der Waals surface area contributed by atoms with Gasteiger partial charge >= 0.3 is 0 Å². The lowest BCUT2D eigenvalue weighted by Gasteiger charge is -2.41. The number of carbonyl (C=O) groups is 1. The average Bonchev–Trinajstić information content (AvgIpc) is 2.17. The van der Waals surface area contributed by atoms with E-state index in [-0.39, 0.29) is 18.1 Å². The fourth-order valence-electron chi connectivity index (χ4n) is 2.02. The maximum absolute atomic E-state index is 11.6. The fourth-order valence-corrected chi connectivity index (χ4v) is 2.02. The summed E-state index contributed by atoms with van der Waals surface area (Å²) in [5.41, 5.74) is 0. The minimum Gasteiger partial charge on any atom is -0.369 e. The van der Waals surface area contributed by atoms with E-state index in [2.05, 4.69) is 10.6 Å². The third-order valence-electron chi connectivity index (χ3n) is 2.66. The molecule has 2 atom stereocenters. The Morgan fingerprint density at radius 2 is 2.14 bits per heavy atom. The van der Waals surface area contributed by atoms with E-state index in [1.807, 2.05) is 4.90 Å². The molecule has 0 spiro atoms. The van der Waals surface area contributed by atoms with E-state index in [9.17, 15) is 4.79 Å². The number of hydrogen-bond acceptors (Lipinski definition) is 4. The lowest BCUT2D eigenvalue weighted by atomic mass is 10.1. The molecule has 2 unspecified atom stereocenters. The highest BCUT2D eigenvalue weighted by Crippen LogP contribution is 2.13. The molecule has 0 aromatic heterocycles. The predicted octanol–water partition coefficient (Wildman–Crippen LogP) is -1.59. The summed E-state index contributed by atoms with van der Waals surface area (Å²) in [6, 6.07) is 0. The van der Waals surface area contributed by atoms with Crippen molar-refractivity contribution in [3.05, 3.63) is 0 Å². The molecule has 1 amide bonds. The number of rotatable bonds is 2. The SMILES string of the molecule is CNCC(=O)N1CC2CNCC(C1)O2. The summed E-state index contributed by atoms with van der Waals surface area (Å²) in [4.78, 5) is 13.5. The van der Waals surface area contributed by atoms with Crippen molar-refractivity contribution in [1.29, 1.82) is 0 Å². The molecular weight excluding hydrogens is 182 g/mol. The van der Waals surface area contributed by atoms with Gasteiger partial charge in [0.25, 0.3) is 0 Å². The summed E-state index contributed by atoms with van der Waals surface area (Å²) < 4.78 is 5.70. The Morgan fingerprint density at radius 1 is 1.50 bits per heavy atom. The van der Waals surface area contributed by atoms with Crippen molar-refractivity contribution in [1.82, 2.24) is 15.5 Å². The molecule has 2 aliphatic heterocycles. The van der Waals surface area contributed by atoms with Crippen molar-refractivity contribution in [2.45, 2.75) is 12.2 Å². The van der Waals surface area contributed by atoms with Crippen molar-refractivity contribution in [3.8, 4) is 0 Å². The molecule has 0 radical (unpaired) electrons. The Morgan fingerprint density at radius 3 is 2.71 bits per heavy atom. The molecule has 2 N–H and O–H groups in total. The number of amides is 1. The first-order valence-corrected chi connectivity index (χ1v) is 5.08. The topological polar surface area (TPSA) is 53.6 Å². The van der Waals surface area contributed by atoms with Crippen molar-refractivity contribution in [2.24, 2.45) is 0 Å². The number of ether oxygens (including phenoxy) is 1. The Balaban J connectivity index is 1.91. The number of likely N-dealkylation sites (N-methyl/N-ethyl adjacent to an activating group) is 1. The average molecular weight is 199 g/mol. The summed E-state index contributed by atoms with van der Waals surface area (Å²) in [6.07, 6.45) is 0.367. The molecule has 0 aromatic rings. The molecule has 80 valence electrons. The molecule has 2 aliphatic rings. The molecule has 2 fully saturated rings. The van der Waals surface area contributed by atoms with Gasteiger partial charge in [-0.3, -0.25) is 4.79 Å². The zero-order chi connectivity index (χ0) is 9.97. The summed E-state index contributed by atoms with van der Waals surface area (Å²) in [6.45, 7) is 3.60. The third-order valence-corrected chi connectivity index (χ3v) is 2.66. The Labute approximate surface area is 83.8 Å². The van der Waals surface area contributed by atoms with E-state index in [0.29, 0.717) is 6.54 Å². The summed E-state index contributed by atoms with van der Waals surface area (Å²) in [5.74, 6) is 0.174. The summed E-state index contributed by atoms with van der Waals surface area (Å²) in [7, 11) is 1.79. The zero-order valence-electron chi connectivity index (χ0n) is 8.45. The van der Waals surface area contributed by atoms with Crippen LogP contribution in [0.1, 0.15) is 0 Å². The van der Waals surface area contributed by atoms with Gasteiger partial charge in [0.15, 0.2) is 0 Å². The van der Waals surface area contributed by atoms with Crippen LogP contribution in [0.3, 0.4) is 0 Å². The molecular formula is C9H17N3O2. The van der Waals surface area contributed by atoms with Crippen LogP contribution in [0.15, 0.2) is 0 Å². The smallest absolute Gasteiger partial charge is 0.236 e. The lowest BCUT2D eigenvalue weighted by molar-refractivity contribution is -0.148. The number of fused-ring (bicyclic) bond motifs is 2. The van der Waals surface area contributed by atoms with Crippen LogP contribution < -0.4 is 10.6 Å². The van der Waals surface area contributed by atoms with E-state index in [4.69, 9.17) is 4.74 Å². The second-order valence-corrected chi connectivity index (χ2v) is 3.87. The summed E-state index contributed by atoms with van der Waals surface area (Å²) in [5, 5.41) is 6.18. The van der Waals surface area contributed by atoms with Gasteiger partial charge in [-0.05, 0) is 7.05 Å². The number of nitrogens with zero attached hydrogens (tertiary/aromatic N) is 1. The molecule has 2 rings (SSSR count). The standard InChI is InChI=1S/C9H17N3O2/c1-10-4-9(13)12-5-7-2-11-3-8(6-12)14-7/h7-8,10-11H,2-6H2,1H3. The zero-order valence-corrected chi connectivity index (χ0v) is 8.45. The highest BCUT2D eigenvalue weighted by molar-refractivity contribution is 5.78. The van der Waals surface area contributed by atoms with Gasteiger partial charge in [-0.25, -0.2) is 0 Å². The largest absolute Gasteiger partial charge is 0.369 e. The van der Waals surface area contributed by atoms with Gasteiger partial charge in [0, 0.05) is 26.2 Å². The van der Waals surface area contributed by atoms with Crippen molar-refractivity contribution < 1.29 is 9.53 Å². The van der Waals surface area contributed by atoms with Crippen LogP contribution >= 0.6 is 0 Å². The molecule has 0 saturated carbocycles. The normalized spacial score (nSPS) is 31.6. The molecule has 0 aromatic carbocycles. The first-order valence-electron chi connectivity index (χ1n) is 5.08. The van der Waals surface area contributed by atoms with Crippen LogP contribution in [0, 0.1) is 0 Å². The molecule has 5 nitrogen and oxygen atoms in total. The molecule has 5 heteroatoms. The number of hydrogen-bond donors (Lipinski definition) is 2. The number of carbonyl (C=O) groups excluding carboxylic acids is 1. The van der Waals surface area contributed by atoms with Gasteiger partial charge < -0.3 is 20.3 Å². The van der Waals surface area contributed by atoms with Gasteiger partial charge in [-0.2, -0.15) is 0 Å². The van der Waals surface area contributed by atoms with E-state index < -0.39 is 0 Å². The third kappa shape index (κ3) is 2.05. The van der Waals surface area contributed by atoms with Crippen LogP contribution in [0.2, 0.25) is 0 Å². The molecule has 2 heterocycles. The summed E-state index contributed by atoms with van der Waals surface area (Å²) >= 11 is 0. The molecule has 2 bridgehead atoms. The molecule has 0 aliphatic carbocycles. The first kappa shape index (κ1) is 9.89. The Bertz CT molecular complexity index is 210. The second kappa shape index (κ2) is 4.25. The maximum Gasteiger partial charge on any atom is 0.236 e. The van der Waals surface area contributed by atoms with E-state index in [1.54, 1.807) is 7.05 Å². The van der Waals surface area contributed by atoms with Gasteiger partial charge in [-0.1, -0.05) is 0 Å². The highest BCUT2D eigenvalue weighted by Gasteiger charge is 2.32. The predicted molar refractivity (Wildman–Crippen MR) is 52.0 cm³/mol. The maximum atomic E-state index is 11.6. The minimum atomic E-state index is 0.174. The van der Waals surface area contributed by atoms with Crippen LogP contribution in [-0.4, -0.2) is 62.8 Å². The van der Waals surface area contributed by atoms with Gasteiger partial charge in [-0.15, -0.1) is 0 Å². The Hall–Kier alpha value is -0.650. The first-order chi connectivity index (χ1) is 6.79. The molecule has 2 saturated heterocycles. The Kier molecular flexibility index (Phi) is 3.00. The lowest BCUT2D eigenvalue weighted by Crippen LogP contribution is -2.60. The van der Waals surface area contributed by atoms with Gasteiger partial charge in [0.1, 0.15) is 0 Å². The quantitative estimate of drug-likeness (QED) is 0.563. The van der Waals surface area contributed by atoms with Crippen LogP contribution in [0.5, 0.6) is 0 Å². The monoisotopic (exact) mass is 199 g/mol. The fraction of sp³-hybridized carbons (Fsp3) is 0.889. The molecule has 14 heavy (non-hydrogen) atoms. The second-order valence-electron chi connectivity index (χ2n) is 3.87. The van der Waals surface area contributed by atoms with E-state index in [0.717, 1.165) is 26.2 Å². The van der Waals surface area contributed by atoms with Crippen molar-refractivity contribution in [3.63, 3.8) is 0 Å². The van der Waals surface area contributed by atoms with E-state index in [1.165, 1.54) is 0 Å². The minimum absolute atomic E-state index is 0.174. The number of morpholine rings is 2. The van der Waals surface area contributed by atoms with Crippen LogP contribution in [0.4, 0.5) is 0 Å². The highest BCUT2D eigenvalue weighted by atomic mass is 16.5. The number of nitrogens with one attached hydrogen (secondary N) is 2. The van der Waals surface area contributed by atoms with Crippen LogP contribution in [-0.2, 0) is 9.53 Å². The van der Waals surface area contributed by atoms with Crippen molar-refractivity contribution >= 4 is 5.91 Å². The van der Waals surface area contributed by atoms with E-state index >= 15 is 0 Å².